The number of carbonyl (C=O) groups is 1. The van der Waals surface area contributed by atoms with Crippen LogP contribution in [0.4, 0.5) is 5.69 Å². The minimum Gasteiger partial charge on any atom is -0.428 e. The van der Waals surface area contributed by atoms with Crippen LogP contribution in [0.5, 0.6) is 5.75 Å². The molecule has 0 saturated heterocycles. The van der Waals surface area contributed by atoms with Crippen molar-refractivity contribution in [1.29, 1.82) is 0 Å². The molecule has 5 heteroatoms. The fraction of sp³-hybridized carbons (Fsp3) is 0.417. The lowest BCUT2D eigenvalue weighted by atomic mass is 10.1. The zero-order chi connectivity index (χ0) is 12.7. The molecule has 0 unspecified atom stereocenters. The topological polar surface area (TPSA) is 69.4 Å². The van der Waals surface area contributed by atoms with E-state index in [4.69, 9.17) is 0 Å². The Morgan fingerprint density at radius 3 is 2.76 bits per heavy atom. The summed E-state index contributed by atoms with van der Waals surface area (Å²) in [5.74, 6) is 0.200. The lowest BCUT2D eigenvalue weighted by Gasteiger charge is -2.04. The lowest BCUT2D eigenvalue weighted by molar-refractivity contribution is -0.385. The van der Waals surface area contributed by atoms with Crippen LogP contribution in [0.3, 0.4) is 0 Å². The molecule has 0 aliphatic heterocycles. The van der Waals surface area contributed by atoms with E-state index in [9.17, 15) is 14.9 Å². The summed E-state index contributed by atoms with van der Waals surface area (Å²) in [5, 5.41) is 10.9. The van der Waals surface area contributed by atoms with Gasteiger partial charge >= 0.3 is 0 Å². The van der Waals surface area contributed by atoms with Crippen LogP contribution < -0.4 is 4.74 Å². The van der Waals surface area contributed by atoms with E-state index in [1.807, 2.05) is 0 Å². The molecular weight excluding hydrogens is 222 g/mol. The molecule has 0 amide bonds. The molecule has 0 fully saturated rings. The SMILES string of the molecule is CCCCCc1ccc(OC=O)cc1[N+](=O)[O-]. The van der Waals surface area contributed by atoms with Crippen LogP contribution in [0.2, 0.25) is 0 Å². The van der Waals surface area contributed by atoms with Crippen molar-refractivity contribution in [1.82, 2.24) is 0 Å². The van der Waals surface area contributed by atoms with Crippen molar-refractivity contribution < 1.29 is 14.5 Å². The van der Waals surface area contributed by atoms with Gasteiger partial charge in [-0.1, -0.05) is 19.8 Å². The van der Waals surface area contributed by atoms with Gasteiger partial charge in [0.25, 0.3) is 12.2 Å². The predicted octanol–water partition coefficient (Wildman–Crippen LogP) is 2.86. The zero-order valence-electron chi connectivity index (χ0n) is 9.72. The summed E-state index contributed by atoms with van der Waals surface area (Å²) >= 11 is 0. The van der Waals surface area contributed by atoms with Crippen LogP contribution in [0.15, 0.2) is 18.2 Å². The molecule has 0 atom stereocenters. The fourth-order valence-electron chi connectivity index (χ4n) is 1.62. The molecular formula is C12H15NO4. The van der Waals surface area contributed by atoms with Crippen LogP contribution in [-0.2, 0) is 11.2 Å². The summed E-state index contributed by atoms with van der Waals surface area (Å²) in [5.41, 5.74) is 0.696. The zero-order valence-corrected chi connectivity index (χ0v) is 9.72. The number of hydrogen-bond donors (Lipinski definition) is 0. The smallest absolute Gasteiger partial charge is 0.298 e. The number of nitrogens with zero attached hydrogens (tertiary/aromatic N) is 1. The number of rotatable bonds is 7. The Kier molecular flexibility index (Phi) is 5.13. The molecule has 0 N–H and O–H groups in total. The quantitative estimate of drug-likeness (QED) is 0.316. The maximum atomic E-state index is 10.9. The third kappa shape index (κ3) is 3.86. The van der Waals surface area contributed by atoms with Gasteiger partial charge in [-0.25, -0.2) is 0 Å². The number of benzene rings is 1. The van der Waals surface area contributed by atoms with Crippen molar-refractivity contribution in [3.63, 3.8) is 0 Å². The maximum absolute atomic E-state index is 10.9. The molecule has 92 valence electrons. The van der Waals surface area contributed by atoms with Crippen LogP contribution in [0.25, 0.3) is 0 Å². The minimum absolute atomic E-state index is 0.0143. The lowest BCUT2D eigenvalue weighted by Crippen LogP contribution is -1.97. The first-order valence-electron chi connectivity index (χ1n) is 5.56. The highest BCUT2D eigenvalue weighted by molar-refractivity contribution is 5.51. The molecule has 0 aliphatic rings. The molecule has 0 saturated carbocycles. The predicted molar refractivity (Wildman–Crippen MR) is 63.0 cm³/mol. The molecule has 0 spiro atoms. The van der Waals surface area contributed by atoms with E-state index < -0.39 is 4.92 Å². The van der Waals surface area contributed by atoms with E-state index in [1.54, 1.807) is 12.1 Å². The summed E-state index contributed by atoms with van der Waals surface area (Å²) < 4.78 is 4.59. The highest BCUT2D eigenvalue weighted by Crippen LogP contribution is 2.26. The number of aryl methyl sites for hydroxylation is 1. The Labute approximate surface area is 99.5 Å². The summed E-state index contributed by atoms with van der Waals surface area (Å²) in [6, 6.07) is 4.50. The molecule has 1 aromatic rings. The van der Waals surface area contributed by atoms with Gasteiger partial charge in [-0.3, -0.25) is 14.9 Å². The first-order valence-corrected chi connectivity index (χ1v) is 5.56. The van der Waals surface area contributed by atoms with Gasteiger partial charge in [0.2, 0.25) is 0 Å². The van der Waals surface area contributed by atoms with E-state index in [-0.39, 0.29) is 17.9 Å². The first-order chi connectivity index (χ1) is 8.19. The molecule has 0 radical (unpaired) electrons. The number of ether oxygens (including phenoxy) is 1. The third-order valence-electron chi connectivity index (χ3n) is 2.49. The monoisotopic (exact) mass is 237 g/mol. The highest BCUT2D eigenvalue weighted by Gasteiger charge is 2.14. The van der Waals surface area contributed by atoms with Crippen LogP contribution in [0, 0.1) is 10.1 Å². The van der Waals surface area contributed by atoms with Crippen LogP contribution >= 0.6 is 0 Å². The second-order valence-corrected chi connectivity index (χ2v) is 3.72. The highest BCUT2D eigenvalue weighted by atomic mass is 16.6. The fourth-order valence-corrected chi connectivity index (χ4v) is 1.62. The molecule has 0 aromatic heterocycles. The normalized spacial score (nSPS) is 9.94. The number of nitro groups is 1. The standard InChI is InChI=1S/C12H15NO4/c1-2-3-4-5-10-6-7-11(17-9-14)8-12(10)13(15)16/h6-9H,2-5H2,1H3. The van der Waals surface area contributed by atoms with Gasteiger partial charge in [0.15, 0.2) is 0 Å². The van der Waals surface area contributed by atoms with Crippen molar-refractivity contribution in [3.05, 3.63) is 33.9 Å². The van der Waals surface area contributed by atoms with E-state index in [2.05, 4.69) is 11.7 Å². The van der Waals surface area contributed by atoms with Crippen LogP contribution in [-0.4, -0.2) is 11.4 Å². The van der Waals surface area contributed by atoms with Crippen molar-refractivity contribution in [3.8, 4) is 5.75 Å². The second-order valence-electron chi connectivity index (χ2n) is 3.72. The average molecular weight is 237 g/mol. The summed E-state index contributed by atoms with van der Waals surface area (Å²) in [4.78, 5) is 20.6. The van der Waals surface area contributed by atoms with Gasteiger partial charge in [0.05, 0.1) is 11.0 Å². The van der Waals surface area contributed by atoms with Gasteiger partial charge in [0.1, 0.15) is 5.75 Å². The molecule has 1 rings (SSSR count). The molecule has 1 aromatic carbocycles. The van der Waals surface area contributed by atoms with Crippen molar-refractivity contribution in [2.45, 2.75) is 32.6 Å². The molecule has 0 aliphatic carbocycles. The van der Waals surface area contributed by atoms with Crippen molar-refractivity contribution in [2.24, 2.45) is 0 Å². The molecule has 0 heterocycles. The summed E-state index contributed by atoms with van der Waals surface area (Å²) in [7, 11) is 0. The van der Waals surface area contributed by atoms with E-state index in [0.717, 1.165) is 19.3 Å². The molecule has 17 heavy (non-hydrogen) atoms. The number of hydrogen-bond acceptors (Lipinski definition) is 4. The third-order valence-corrected chi connectivity index (χ3v) is 2.49. The largest absolute Gasteiger partial charge is 0.428 e. The Morgan fingerprint density at radius 1 is 1.41 bits per heavy atom. The number of carbonyl (C=O) groups excluding carboxylic acids is 1. The summed E-state index contributed by atoms with van der Waals surface area (Å²) in [6.07, 6.45) is 3.71. The van der Waals surface area contributed by atoms with Crippen molar-refractivity contribution in [2.75, 3.05) is 0 Å². The molecule has 5 nitrogen and oxygen atoms in total. The van der Waals surface area contributed by atoms with E-state index in [0.29, 0.717) is 12.0 Å². The number of nitro benzene ring substituents is 1. The van der Waals surface area contributed by atoms with E-state index >= 15 is 0 Å². The van der Waals surface area contributed by atoms with Crippen molar-refractivity contribution >= 4 is 12.2 Å². The first kappa shape index (κ1) is 13.2. The Balaban J connectivity index is 2.88. The Hall–Kier alpha value is -1.91. The van der Waals surface area contributed by atoms with E-state index in [1.165, 1.54) is 6.07 Å². The van der Waals surface area contributed by atoms with Gasteiger partial charge < -0.3 is 4.74 Å². The molecule has 0 bridgehead atoms. The average Bonchev–Trinajstić information content (AvgIpc) is 2.31. The second kappa shape index (κ2) is 6.62. The van der Waals surface area contributed by atoms with Gasteiger partial charge in [0, 0.05) is 5.56 Å². The minimum atomic E-state index is -0.445. The van der Waals surface area contributed by atoms with Gasteiger partial charge in [-0.05, 0) is 25.0 Å². The summed E-state index contributed by atoms with van der Waals surface area (Å²) in [6.45, 7) is 2.34. The number of unbranched alkanes of at least 4 members (excludes halogenated alkanes) is 2. The Morgan fingerprint density at radius 2 is 2.18 bits per heavy atom. The van der Waals surface area contributed by atoms with Gasteiger partial charge in [-0.15, -0.1) is 0 Å². The maximum Gasteiger partial charge on any atom is 0.298 e. The Bertz CT molecular complexity index is 403. The van der Waals surface area contributed by atoms with Crippen LogP contribution in [0.1, 0.15) is 31.7 Å². The van der Waals surface area contributed by atoms with Gasteiger partial charge in [-0.2, -0.15) is 0 Å².